The molecular formula is C15H18ClN3O2S. The fourth-order valence-corrected chi connectivity index (χ4v) is 3.92. The lowest BCUT2D eigenvalue weighted by atomic mass is 10.0. The van der Waals surface area contributed by atoms with Crippen LogP contribution in [0.4, 0.5) is 0 Å². The van der Waals surface area contributed by atoms with Crippen molar-refractivity contribution in [3.8, 4) is 0 Å². The maximum Gasteiger partial charge on any atom is 0.246 e. The van der Waals surface area contributed by atoms with E-state index in [2.05, 4.69) is 4.98 Å². The van der Waals surface area contributed by atoms with E-state index in [1.807, 2.05) is 16.0 Å². The fourth-order valence-electron chi connectivity index (χ4n) is 2.91. The number of carbonyl (C=O) groups is 1. The van der Waals surface area contributed by atoms with Crippen LogP contribution in [0.2, 0.25) is 5.15 Å². The maximum atomic E-state index is 12.2. The van der Waals surface area contributed by atoms with Gasteiger partial charge in [-0.2, -0.15) is 0 Å². The molecule has 0 aliphatic heterocycles. The number of thiazole rings is 1. The van der Waals surface area contributed by atoms with Crippen LogP contribution in [0.3, 0.4) is 0 Å². The van der Waals surface area contributed by atoms with Gasteiger partial charge in [0.2, 0.25) is 5.91 Å². The Hall–Kier alpha value is -1.37. The molecule has 5 nitrogen and oxygen atoms in total. The molecule has 0 unspecified atom stereocenters. The number of fused-ring (bicyclic) bond motifs is 1. The Morgan fingerprint density at radius 3 is 3.05 bits per heavy atom. The Kier molecular flexibility index (Phi) is 4.25. The lowest BCUT2D eigenvalue weighted by molar-refractivity contribution is -0.127. The summed E-state index contributed by atoms with van der Waals surface area (Å²) in [5, 5.41) is 12.7. The third-order valence-corrected chi connectivity index (χ3v) is 5.11. The molecule has 2 aromatic rings. The molecule has 1 aliphatic rings. The van der Waals surface area contributed by atoms with Crippen LogP contribution in [0.1, 0.15) is 31.4 Å². The highest BCUT2D eigenvalue weighted by Crippen LogP contribution is 2.30. The minimum absolute atomic E-state index is 0.151. The van der Waals surface area contributed by atoms with Crippen molar-refractivity contribution in [2.24, 2.45) is 0 Å². The van der Waals surface area contributed by atoms with Crippen LogP contribution in [0.5, 0.6) is 0 Å². The number of rotatable bonds is 4. The first kappa shape index (κ1) is 15.5. The highest BCUT2D eigenvalue weighted by Gasteiger charge is 2.33. The van der Waals surface area contributed by atoms with Crippen molar-refractivity contribution in [2.45, 2.75) is 31.3 Å². The minimum Gasteiger partial charge on any atom is -0.388 e. The average Bonchev–Trinajstić information content (AvgIpc) is 3.13. The zero-order chi connectivity index (χ0) is 15.7. The molecule has 1 N–H and O–H groups in total. The van der Waals surface area contributed by atoms with Crippen LogP contribution in [-0.2, 0) is 4.79 Å². The van der Waals surface area contributed by atoms with Crippen LogP contribution in [0.15, 0.2) is 17.7 Å². The maximum absolute atomic E-state index is 12.2. The van der Waals surface area contributed by atoms with Gasteiger partial charge in [0.1, 0.15) is 0 Å². The van der Waals surface area contributed by atoms with Crippen molar-refractivity contribution in [1.82, 2.24) is 14.3 Å². The van der Waals surface area contributed by atoms with E-state index in [9.17, 15) is 9.90 Å². The highest BCUT2D eigenvalue weighted by molar-refractivity contribution is 7.15. The number of halogens is 1. The van der Waals surface area contributed by atoms with E-state index >= 15 is 0 Å². The molecule has 1 fully saturated rings. The summed E-state index contributed by atoms with van der Waals surface area (Å²) in [5.41, 5.74) is -0.0353. The summed E-state index contributed by atoms with van der Waals surface area (Å²) in [7, 11) is 1.71. The third kappa shape index (κ3) is 3.04. The summed E-state index contributed by atoms with van der Waals surface area (Å²) < 4.78 is 1.85. The first-order valence-corrected chi connectivity index (χ1v) is 8.51. The number of likely N-dealkylation sites (N-methyl/N-ethyl adjacent to an activating group) is 1. The molecule has 3 rings (SSSR count). The lowest BCUT2D eigenvalue weighted by Crippen LogP contribution is -2.41. The molecule has 0 spiro atoms. The van der Waals surface area contributed by atoms with E-state index in [4.69, 9.17) is 11.6 Å². The van der Waals surface area contributed by atoms with E-state index in [-0.39, 0.29) is 5.91 Å². The summed E-state index contributed by atoms with van der Waals surface area (Å²) >= 11 is 7.58. The zero-order valence-electron chi connectivity index (χ0n) is 12.3. The number of hydrogen-bond donors (Lipinski definition) is 1. The van der Waals surface area contributed by atoms with E-state index in [0.717, 1.165) is 30.6 Å². The van der Waals surface area contributed by atoms with Crippen LogP contribution in [0.25, 0.3) is 11.0 Å². The van der Waals surface area contributed by atoms with Crippen LogP contribution in [-0.4, -0.2) is 44.5 Å². The molecule has 0 atom stereocenters. The summed E-state index contributed by atoms with van der Waals surface area (Å²) in [6, 6.07) is 0. The number of hydrogen-bond acceptors (Lipinski definition) is 4. The Morgan fingerprint density at radius 1 is 1.59 bits per heavy atom. The number of amides is 1. The molecule has 7 heteroatoms. The first-order valence-electron chi connectivity index (χ1n) is 7.25. The van der Waals surface area contributed by atoms with E-state index < -0.39 is 5.60 Å². The normalized spacial score (nSPS) is 17.6. The van der Waals surface area contributed by atoms with E-state index in [1.54, 1.807) is 18.0 Å². The Morgan fingerprint density at radius 2 is 2.32 bits per heavy atom. The van der Waals surface area contributed by atoms with Crippen molar-refractivity contribution in [3.63, 3.8) is 0 Å². The van der Waals surface area contributed by atoms with Gasteiger partial charge in [0.15, 0.2) is 10.1 Å². The average molecular weight is 340 g/mol. The predicted molar refractivity (Wildman–Crippen MR) is 88.2 cm³/mol. The molecule has 2 heterocycles. The van der Waals surface area contributed by atoms with Crippen molar-refractivity contribution in [3.05, 3.63) is 28.5 Å². The second-order valence-electron chi connectivity index (χ2n) is 5.80. The number of carbonyl (C=O) groups excluding carboxylic acids is 1. The van der Waals surface area contributed by atoms with E-state index in [1.165, 1.54) is 17.4 Å². The molecule has 0 saturated heterocycles. The molecule has 0 radical (unpaired) electrons. The van der Waals surface area contributed by atoms with Gasteiger partial charge in [0.25, 0.3) is 0 Å². The van der Waals surface area contributed by atoms with Crippen molar-refractivity contribution >= 4 is 39.9 Å². The van der Waals surface area contributed by atoms with Gasteiger partial charge in [-0.25, -0.2) is 4.98 Å². The molecule has 0 bridgehead atoms. The van der Waals surface area contributed by atoms with E-state index in [0.29, 0.717) is 17.4 Å². The quantitative estimate of drug-likeness (QED) is 0.871. The van der Waals surface area contributed by atoms with Crippen molar-refractivity contribution < 1.29 is 9.90 Å². The molecule has 118 valence electrons. The Bertz CT molecular complexity index is 716. The molecule has 2 aromatic heterocycles. The van der Waals surface area contributed by atoms with Gasteiger partial charge in [-0.1, -0.05) is 24.4 Å². The zero-order valence-corrected chi connectivity index (χ0v) is 13.9. The summed E-state index contributed by atoms with van der Waals surface area (Å²) in [4.78, 5) is 18.8. The fraction of sp³-hybridized carbons (Fsp3) is 0.467. The van der Waals surface area contributed by atoms with Crippen LogP contribution < -0.4 is 0 Å². The standard InChI is InChI=1S/C15H18ClN3O2S/c1-18(10-15(21)6-2-3-7-15)12(20)5-4-11-13(16)17-14-19(11)8-9-22-14/h4-5,8-9,21H,2-3,6-7,10H2,1H3/b5-4+. The Labute approximate surface area is 137 Å². The first-order chi connectivity index (χ1) is 10.5. The molecule has 1 aliphatic carbocycles. The number of imidazole rings is 1. The second-order valence-corrected chi connectivity index (χ2v) is 7.03. The summed E-state index contributed by atoms with van der Waals surface area (Å²) in [6.07, 6.45) is 8.59. The summed E-state index contributed by atoms with van der Waals surface area (Å²) in [6.45, 7) is 0.365. The molecule has 0 aromatic carbocycles. The summed E-state index contributed by atoms with van der Waals surface area (Å²) in [5.74, 6) is -0.151. The van der Waals surface area contributed by atoms with Crippen molar-refractivity contribution in [2.75, 3.05) is 13.6 Å². The minimum atomic E-state index is -0.729. The smallest absolute Gasteiger partial charge is 0.246 e. The SMILES string of the molecule is CN(CC1(O)CCCC1)C(=O)/C=C/c1c(Cl)nc2sccn12. The largest absolute Gasteiger partial charge is 0.388 e. The number of aliphatic hydroxyl groups is 1. The van der Waals surface area contributed by atoms with Gasteiger partial charge in [-0.3, -0.25) is 9.20 Å². The van der Waals surface area contributed by atoms with Crippen LogP contribution in [0, 0.1) is 0 Å². The molecule has 1 amide bonds. The van der Waals surface area contributed by atoms with Gasteiger partial charge in [0.05, 0.1) is 11.3 Å². The van der Waals surface area contributed by atoms with Gasteiger partial charge in [-0.15, -0.1) is 11.3 Å². The third-order valence-electron chi connectivity index (χ3n) is 4.08. The second kappa shape index (κ2) is 6.02. The number of aromatic nitrogens is 2. The van der Waals surface area contributed by atoms with Gasteiger partial charge < -0.3 is 10.0 Å². The topological polar surface area (TPSA) is 57.8 Å². The molecular weight excluding hydrogens is 322 g/mol. The molecule has 22 heavy (non-hydrogen) atoms. The van der Waals surface area contributed by atoms with Crippen LogP contribution >= 0.6 is 22.9 Å². The van der Waals surface area contributed by atoms with Gasteiger partial charge in [0, 0.05) is 31.2 Å². The number of nitrogens with zero attached hydrogens (tertiary/aromatic N) is 3. The van der Waals surface area contributed by atoms with Crippen molar-refractivity contribution in [1.29, 1.82) is 0 Å². The monoisotopic (exact) mass is 339 g/mol. The Balaban J connectivity index is 1.70. The highest BCUT2D eigenvalue weighted by atomic mass is 35.5. The van der Waals surface area contributed by atoms with Gasteiger partial charge in [-0.05, 0) is 18.9 Å². The lowest BCUT2D eigenvalue weighted by Gasteiger charge is -2.27. The molecule has 1 saturated carbocycles. The van der Waals surface area contributed by atoms with Gasteiger partial charge >= 0.3 is 0 Å². The predicted octanol–water partition coefficient (Wildman–Crippen LogP) is 2.83.